The molecule has 0 heterocycles. The van der Waals surface area contributed by atoms with E-state index in [1.165, 1.54) is 18.2 Å². The molecule has 2 N–H and O–H groups in total. The van der Waals surface area contributed by atoms with Gasteiger partial charge in [-0.1, -0.05) is 24.3 Å². The predicted octanol–water partition coefficient (Wildman–Crippen LogP) is 1.22. The molecule has 0 radical (unpaired) electrons. The summed E-state index contributed by atoms with van der Waals surface area (Å²) in [5.74, 6) is -0.359. The Kier molecular flexibility index (Phi) is 6.13. The number of carbonyl (C=O) groups excluding carboxylic acids is 2. The smallest absolute Gasteiger partial charge is 0.258 e. The van der Waals surface area contributed by atoms with Crippen LogP contribution in [-0.2, 0) is 19.4 Å². The van der Waals surface area contributed by atoms with E-state index in [-0.39, 0.29) is 18.0 Å². The Morgan fingerprint density at radius 2 is 1.72 bits per heavy atom. The number of sulfone groups is 1. The quantitative estimate of drug-likeness (QED) is 0.771. The van der Waals surface area contributed by atoms with E-state index in [2.05, 4.69) is 10.6 Å². The molecule has 0 saturated heterocycles. The van der Waals surface area contributed by atoms with Gasteiger partial charge in [0.1, 0.15) is 5.75 Å². The summed E-state index contributed by atoms with van der Waals surface area (Å²) in [7, 11) is -3.36. The number of para-hydroxylation sites is 1. The molecule has 7 nitrogen and oxygen atoms in total. The summed E-state index contributed by atoms with van der Waals surface area (Å²) in [4.78, 5) is 23.6. The van der Waals surface area contributed by atoms with Crippen LogP contribution in [0.5, 0.6) is 5.75 Å². The molecule has 132 valence electrons. The third-order valence-electron chi connectivity index (χ3n) is 3.11. The fourth-order valence-electron chi connectivity index (χ4n) is 1.91. The van der Waals surface area contributed by atoms with E-state index < -0.39 is 21.7 Å². The summed E-state index contributed by atoms with van der Waals surface area (Å²) in [5.41, 5.74) is 0.336. The van der Waals surface area contributed by atoms with Crippen molar-refractivity contribution in [3.8, 4) is 5.75 Å². The van der Waals surface area contributed by atoms with E-state index >= 15 is 0 Å². The molecule has 2 amide bonds. The monoisotopic (exact) mass is 362 g/mol. The largest absolute Gasteiger partial charge is 0.484 e. The van der Waals surface area contributed by atoms with Crippen LogP contribution in [0.3, 0.4) is 0 Å². The molecule has 0 aliphatic rings. The van der Waals surface area contributed by atoms with E-state index in [0.717, 1.165) is 6.26 Å². The fraction of sp³-hybridized carbons (Fsp3) is 0.176. The van der Waals surface area contributed by atoms with Gasteiger partial charge in [-0.2, -0.15) is 0 Å². The number of anilines is 1. The van der Waals surface area contributed by atoms with Crippen LogP contribution in [0.1, 0.15) is 0 Å². The first-order valence-electron chi connectivity index (χ1n) is 7.39. The van der Waals surface area contributed by atoms with Gasteiger partial charge in [-0.05, 0) is 30.3 Å². The number of hydrogen-bond donors (Lipinski definition) is 2. The second-order valence-corrected chi connectivity index (χ2v) is 7.24. The van der Waals surface area contributed by atoms with Crippen LogP contribution in [0.4, 0.5) is 5.69 Å². The van der Waals surface area contributed by atoms with E-state index in [1.54, 1.807) is 30.3 Å². The predicted molar refractivity (Wildman–Crippen MR) is 93.1 cm³/mol. The van der Waals surface area contributed by atoms with Gasteiger partial charge in [0.25, 0.3) is 5.91 Å². The van der Waals surface area contributed by atoms with Crippen LogP contribution in [0, 0.1) is 0 Å². The number of hydrogen-bond acceptors (Lipinski definition) is 5. The van der Waals surface area contributed by atoms with Gasteiger partial charge in [0.05, 0.1) is 11.4 Å². The molecule has 0 saturated carbocycles. The maximum Gasteiger partial charge on any atom is 0.258 e. The minimum absolute atomic E-state index is 0.102. The second-order valence-electron chi connectivity index (χ2n) is 5.23. The van der Waals surface area contributed by atoms with Gasteiger partial charge >= 0.3 is 0 Å². The summed E-state index contributed by atoms with van der Waals surface area (Å²) >= 11 is 0. The maximum atomic E-state index is 11.8. The molecule has 0 bridgehead atoms. The highest BCUT2D eigenvalue weighted by Gasteiger charge is 2.10. The SMILES string of the molecule is CS(=O)(=O)c1cccc(NC(=O)CNC(=O)COc2ccccc2)c1. The normalized spacial score (nSPS) is 10.8. The molecular formula is C17H18N2O5S. The van der Waals surface area contributed by atoms with E-state index in [0.29, 0.717) is 11.4 Å². The van der Waals surface area contributed by atoms with Gasteiger partial charge in [0, 0.05) is 11.9 Å². The van der Waals surface area contributed by atoms with Crippen LogP contribution in [0.25, 0.3) is 0 Å². The van der Waals surface area contributed by atoms with Crippen molar-refractivity contribution in [1.82, 2.24) is 5.32 Å². The van der Waals surface area contributed by atoms with Gasteiger partial charge in [0.2, 0.25) is 5.91 Å². The highest BCUT2D eigenvalue weighted by atomic mass is 32.2. The molecule has 0 atom stereocenters. The molecule has 0 aromatic heterocycles. The molecule has 2 aromatic carbocycles. The number of ether oxygens (including phenoxy) is 1. The minimum Gasteiger partial charge on any atom is -0.484 e. The molecule has 25 heavy (non-hydrogen) atoms. The van der Waals surface area contributed by atoms with Crippen molar-refractivity contribution < 1.29 is 22.7 Å². The lowest BCUT2D eigenvalue weighted by Crippen LogP contribution is -2.35. The Morgan fingerprint density at radius 3 is 2.40 bits per heavy atom. The van der Waals surface area contributed by atoms with Gasteiger partial charge in [-0.3, -0.25) is 9.59 Å². The highest BCUT2D eigenvalue weighted by molar-refractivity contribution is 7.90. The van der Waals surface area contributed by atoms with E-state index in [1.807, 2.05) is 6.07 Å². The summed E-state index contributed by atoms with van der Waals surface area (Å²) in [6, 6.07) is 14.7. The summed E-state index contributed by atoms with van der Waals surface area (Å²) in [5, 5.41) is 4.95. The van der Waals surface area contributed by atoms with E-state index in [4.69, 9.17) is 4.74 Å². The standard InChI is InChI=1S/C17H18N2O5S/c1-25(22,23)15-9-5-6-13(10-15)19-16(20)11-18-17(21)12-24-14-7-3-2-4-8-14/h2-10H,11-12H2,1H3,(H,18,21)(H,19,20). The number of nitrogens with one attached hydrogen (secondary N) is 2. The van der Waals surface area contributed by atoms with Crippen LogP contribution in [0.15, 0.2) is 59.5 Å². The van der Waals surface area contributed by atoms with Crippen molar-refractivity contribution >= 4 is 27.3 Å². The zero-order valence-electron chi connectivity index (χ0n) is 13.6. The van der Waals surface area contributed by atoms with Crippen LogP contribution >= 0.6 is 0 Å². The molecule has 2 aromatic rings. The molecule has 2 rings (SSSR count). The second kappa shape index (κ2) is 8.29. The Balaban J connectivity index is 1.79. The van der Waals surface area contributed by atoms with Gasteiger partial charge in [-0.15, -0.1) is 0 Å². The highest BCUT2D eigenvalue weighted by Crippen LogP contribution is 2.15. The minimum atomic E-state index is -3.36. The summed E-state index contributed by atoms with van der Waals surface area (Å²) in [6.07, 6.45) is 1.08. The third-order valence-corrected chi connectivity index (χ3v) is 4.22. The zero-order chi connectivity index (χ0) is 18.3. The van der Waals surface area contributed by atoms with Crippen molar-refractivity contribution in [2.24, 2.45) is 0 Å². The Labute approximate surface area is 145 Å². The average molecular weight is 362 g/mol. The lowest BCUT2D eigenvalue weighted by Gasteiger charge is -2.09. The number of carbonyl (C=O) groups is 2. The Morgan fingerprint density at radius 1 is 1.00 bits per heavy atom. The number of rotatable bonds is 7. The summed E-state index contributed by atoms with van der Waals surface area (Å²) < 4.78 is 28.2. The zero-order valence-corrected chi connectivity index (χ0v) is 14.4. The molecular weight excluding hydrogens is 344 g/mol. The molecule has 0 aliphatic heterocycles. The maximum absolute atomic E-state index is 11.8. The first-order chi connectivity index (χ1) is 11.8. The summed E-state index contributed by atoms with van der Waals surface area (Å²) in [6.45, 7) is -0.457. The Bertz CT molecular complexity index is 850. The number of benzene rings is 2. The van der Waals surface area contributed by atoms with Gasteiger partial charge in [-0.25, -0.2) is 8.42 Å². The molecule has 0 fully saturated rings. The van der Waals surface area contributed by atoms with Crippen molar-refractivity contribution in [1.29, 1.82) is 0 Å². The number of amides is 2. The molecule has 0 unspecified atom stereocenters. The first kappa shape index (κ1) is 18.5. The molecule has 0 spiro atoms. The van der Waals surface area contributed by atoms with Crippen molar-refractivity contribution in [2.45, 2.75) is 4.90 Å². The van der Waals surface area contributed by atoms with Crippen LogP contribution < -0.4 is 15.4 Å². The van der Waals surface area contributed by atoms with Crippen LogP contribution in [-0.4, -0.2) is 39.6 Å². The first-order valence-corrected chi connectivity index (χ1v) is 9.28. The lowest BCUT2D eigenvalue weighted by molar-refractivity contribution is -0.125. The van der Waals surface area contributed by atoms with Crippen molar-refractivity contribution in [3.63, 3.8) is 0 Å². The van der Waals surface area contributed by atoms with Gasteiger partial charge < -0.3 is 15.4 Å². The fourth-order valence-corrected chi connectivity index (χ4v) is 2.57. The van der Waals surface area contributed by atoms with Gasteiger partial charge in [0.15, 0.2) is 16.4 Å². The topological polar surface area (TPSA) is 102 Å². The van der Waals surface area contributed by atoms with Crippen LogP contribution in [0.2, 0.25) is 0 Å². The lowest BCUT2D eigenvalue weighted by atomic mass is 10.3. The molecule has 0 aliphatic carbocycles. The van der Waals surface area contributed by atoms with E-state index in [9.17, 15) is 18.0 Å². The Hall–Kier alpha value is -2.87. The van der Waals surface area contributed by atoms with Crippen molar-refractivity contribution in [2.75, 3.05) is 24.7 Å². The molecule has 8 heteroatoms. The van der Waals surface area contributed by atoms with Crippen molar-refractivity contribution in [3.05, 3.63) is 54.6 Å². The third kappa shape index (κ3) is 6.27. The average Bonchev–Trinajstić information content (AvgIpc) is 2.58.